The zero-order valence-corrected chi connectivity index (χ0v) is 12.9. The Kier molecular flexibility index (Phi) is 6.58. The number of ether oxygens (including phenoxy) is 1. The topological polar surface area (TPSA) is 55.0 Å². The highest BCUT2D eigenvalue weighted by molar-refractivity contribution is 5.93. The second kappa shape index (κ2) is 8.95. The first-order chi connectivity index (χ1) is 10.8. The number of benzene rings is 1. The highest BCUT2D eigenvalue weighted by atomic mass is 16.5. The largest absolute Gasteiger partial charge is 0.385 e. The number of imidazole rings is 1. The maximum absolute atomic E-state index is 11.7. The summed E-state index contributed by atoms with van der Waals surface area (Å²) in [5, 5.41) is 0. The van der Waals surface area contributed by atoms with Gasteiger partial charge in [0.25, 0.3) is 0 Å². The van der Waals surface area contributed by atoms with Crippen molar-refractivity contribution in [3.8, 4) is 0 Å². The maximum Gasteiger partial charge on any atom is 0.155 e. The Morgan fingerprint density at radius 1 is 1.27 bits per heavy atom. The maximum atomic E-state index is 11.7. The number of hydrogen-bond donors (Lipinski definition) is 1. The van der Waals surface area contributed by atoms with Gasteiger partial charge in [0.2, 0.25) is 0 Å². The number of hydrogen-bond acceptors (Lipinski definition) is 3. The second-order valence-corrected chi connectivity index (χ2v) is 5.20. The number of aromatic amines is 1. The summed E-state index contributed by atoms with van der Waals surface area (Å²) < 4.78 is 4.97. The number of allylic oxidation sites excluding steroid dienone is 1. The Bertz CT molecular complexity index is 586. The predicted molar refractivity (Wildman–Crippen MR) is 87.6 cm³/mol. The molecular weight excluding hydrogens is 276 g/mol. The minimum absolute atomic E-state index is 0.163. The molecule has 2 rings (SSSR count). The van der Waals surface area contributed by atoms with Crippen molar-refractivity contribution >= 4 is 11.9 Å². The lowest BCUT2D eigenvalue weighted by Gasteiger charge is -2.00. The van der Waals surface area contributed by atoms with E-state index in [4.69, 9.17) is 4.74 Å². The first-order valence-corrected chi connectivity index (χ1v) is 7.55. The van der Waals surface area contributed by atoms with E-state index in [1.54, 1.807) is 19.4 Å². The lowest BCUT2D eigenvalue weighted by molar-refractivity contribution is -0.114. The van der Waals surface area contributed by atoms with Gasteiger partial charge >= 0.3 is 0 Å². The first-order valence-electron chi connectivity index (χ1n) is 7.55. The summed E-state index contributed by atoms with van der Waals surface area (Å²) in [6.45, 7) is 0.716. The molecule has 0 radical (unpaired) electrons. The summed E-state index contributed by atoms with van der Waals surface area (Å²) >= 11 is 0. The van der Waals surface area contributed by atoms with Crippen molar-refractivity contribution in [2.75, 3.05) is 13.7 Å². The number of methoxy groups -OCH3 is 1. The summed E-state index contributed by atoms with van der Waals surface area (Å²) in [5.74, 6) is 1.12. The molecule has 0 fully saturated rings. The van der Waals surface area contributed by atoms with E-state index in [-0.39, 0.29) is 5.78 Å². The van der Waals surface area contributed by atoms with Crippen LogP contribution in [0.1, 0.15) is 36.2 Å². The normalized spacial score (nSPS) is 11.1. The summed E-state index contributed by atoms with van der Waals surface area (Å²) in [4.78, 5) is 19.0. The molecule has 1 aromatic carbocycles. The molecule has 22 heavy (non-hydrogen) atoms. The molecule has 2 aromatic rings. The average molecular weight is 298 g/mol. The van der Waals surface area contributed by atoms with Crippen molar-refractivity contribution < 1.29 is 9.53 Å². The van der Waals surface area contributed by atoms with E-state index in [0.717, 1.165) is 30.7 Å². The van der Waals surface area contributed by atoms with Crippen LogP contribution in [0.2, 0.25) is 0 Å². The van der Waals surface area contributed by atoms with Gasteiger partial charge < -0.3 is 9.72 Å². The summed E-state index contributed by atoms with van der Waals surface area (Å²) in [6, 6.07) is 8.16. The molecule has 4 heteroatoms. The zero-order valence-electron chi connectivity index (χ0n) is 12.9. The van der Waals surface area contributed by atoms with Crippen LogP contribution in [0, 0.1) is 0 Å². The van der Waals surface area contributed by atoms with Crippen LogP contribution in [0.4, 0.5) is 0 Å². The Labute approximate surface area is 131 Å². The van der Waals surface area contributed by atoms with Crippen LogP contribution < -0.4 is 0 Å². The Morgan fingerprint density at radius 3 is 2.77 bits per heavy atom. The fourth-order valence-electron chi connectivity index (χ4n) is 2.15. The molecule has 0 aliphatic heterocycles. The average Bonchev–Trinajstić information content (AvgIpc) is 3.04. The van der Waals surface area contributed by atoms with Crippen molar-refractivity contribution in [3.63, 3.8) is 0 Å². The van der Waals surface area contributed by atoms with Crippen LogP contribution in [0.15, 0.2) is 42.7 Å². The van der Waals surface area contributed by atoms with E-state index in [1.165, 1.54) is 5.56 Å². The summed E-state index contributed by atoms with van der Waals surface area (Å²) in [7, 11) is 1.68. The minimum Gasteiger partial charge on any atom is -0.385 e. The molecule has 0 atom stereocenters. The van der Waals surface area contributed by atoms with E-state index in [9.17, 15) is 4.79 Å². The van der Waals surface area contributed by atoms with Crippen molar-refractivity contribution in [2.45, 2.75) is 25.7 Å². The molecule has 0 aliphatic carbocycles. The zero-order chi connectivity index (χ0) is 15.6. The van der Waals surface area contributed by atoms with Crippen molar-refractivity contribution in [1.82, 2.24) is 9.97 Å². The molecule has 116 valence electrons. The third kappa shape index (κ3) is 5.66. The molecule has 0 unspecified atom stereocenters. The van der Waals surface area contributed by atoms with E-state index >= 15 is 0 Å². The number of nitrogens with one attached hydrogen (secondary N) is 1. The van der Waals surface area contributed by atoms with Gasteiger partial charge in [-0.1, -0.05) is 30.3 Å². The van der Waals surface area contributed by atoms with Crippen molar-refractivity contribution in [3.05, 3.63) is 59.7 Å². The lowest BCUT2D eigenvalue weighted by Crippen LogP contribution is -1.95. The number of rotatable bonds is 9. The third-order valence-electron chi connectivity index (χ3n) is 3.39. The van der Waals surface area contributed by atoms with E-state index in [2.05, 4.69) is 22.1 Å². The van der Waals surface area contributed by atoms with Gasteiger partial charge in [0.05, 0.1) is 0 Å². The Hall–Kier alpha value is -2.20. The second-order valence-electron chi connectivity index (χ2n) is 5.20. The van der Waals surface area contributed by atoms with E-state index in [1.807, 2.05) is 24.4 Å². The number of ketones is 1. The standard InChI is InChI=1S/C18H22N2O2/c1-22-13-3-2-4-17(21)10-9-15-5-7-16(8-6-15)14-18-19-11-12-20-18/h5-12H,2-4,13-14H2,1H3,(H,19,20)/b10-9+. The molecule has 1 heterocycles. The number of nitrogens with zero attached hydrogens (tertiary/aromatic N) is 1. The summed E-state index contributed by atoms with van der Waals surface area (Å²) in [5.41, 5.74) is 2.23. The number of carbonyl (C=O) groups excluding carboxylic acids is 1. The first kappa shape index (κ1) is 16.2. The molecule has 0 spiro atoms. The quantitative estimate of drug-likeness (QED) is 0.570. The molecule has 0 amide bonds. The van der Waals surface area contributed by atoms with Crippen LogP contribution in [-0.4, -0.2) is 29.5 Å². The van der Waals surface area contributed by atoms with Crippen molar-refractivity contribution in [1.29, 1.82) is 0 Å². The Balaban J connectivity index is 1.80. The Morgan fingerprint density at radius 2 is 2.09 bits per heavy atom. The van der Waals surface area contributed by atoms with Gasteiger partial charge in [-0.15, -0.1) is 0 Å². The minimum atomic E-state index is 0.163. The van der Waals surface area contributed by atoms with Crippen LogP contribution >= 0.6 is 0 Å². The van der Waals surface area contributed by atoms with Crippen molar-refractivity contribution in [2.24, 2.45) is 0 Å². The van der Waals surface area contributed by atoms with Crippen LogP contribution in [-0.2, 0) is 16.0 Å². The highest BCUT2D eigenvalue weighted by Crippen LogP contribution is 2.10. The molecule has 1 N–H and O–H groups in total. The number of carbonyl (C=O) groups is 1. The molecule has 0 saturated carbocycles. The number of aromatic nitrogens is 2. The van der Waals surface area contributed by atoms with E-state index < -0.39 is 0 Å². The fourth-order valence-corrected chi connectivity index (χ4v) is 2.15. The van der Waals surface area contributed by atoms with Crippen LogP contribution in [0.5, 0.6) is 0 Å². The molecular formula is C18H22N2O2. The van der Waals surface area contributed by atoms with Gasteiger partial charge in [-0.05, 0) is 30.0 Å². The van der Waals surface area contributed by atoms with Gasteiger partial charge in [-0.3, -0.25) is 4.79 Å². The lowest BCUT2D eigenvalue weighted by atomic mass is 10.1. The predicted octanol–water partition coefficient (Wildman–Crippen LogP) is 3.40. The molecule has 1 aromatic heterocycles. The van der Waals surface area contributed by atoms with Gasteiger partial charge in [-0.2, -0.15) is 0 Å². The number of H-pyrrole nitrogens is 1. The molecule has 0 saturated heterocycles. The smallest absolute Gasteiger partial charge is 0.155 e. The monoisotopic (exact) mass is 298 g/mol. The van der Waals surface area contributed by atoms with Gasteiger partial charge in [0.1, 0.15) is 5.82 Å². The van der Waals surface area contributed by atoms with Gasteiger partial charge in [0.15, 0.2) is 5.78 Å². The van der Waals surface area contributed by atoms with Gasteiger partial charge in [-0.25, -0.2) is 4.98 Å². The molecule has 0 bridgehead atoms. The fraction of sp³-hybridized carbons (Fsp3) is 0.333. The molecule has 4 nitrogen and oxygen atoms in total. The number of unbranched alkanes of at least 4 members (excludes halogenated alkanes) is 1. The van der Waals surface area contributed by atoms with E-state index in [0.29, 0.717) is 13.0 Å². The molecule has 0 aliphatic rings. The highest BCUT2D eigenvalue weighted by Gasteiger charge is 1.99. The SMILES string of the molecule is COCCCCC(=O)/C=C/c1ccc(Cc2ncc[nH]2)cc1. The van der Waals surface area contributed by atoms with Crippen LogP contribution in [0.25, 0.3) is 6.08 Å². The summed E-state index contributed by atoms with van der Waals surface area (Å²) in [6.07, 6.45) is 10.3. The third-order valence-corrected chi connectivity index (χ3v) is 3.39. The van der Waals surface area contributed by atoms with Gasteiger partial charge in [0, 0.05) is 39.0 Å². The van der Waals surface area contributed by atoms with Crippen LogP contribution in [0.3, 0.4) is 0 Å².